The van der Waals surface area contributed by atoms with Gasteiger partial charge in [-0.3, -0.25) is 0 Å². The fourth-order valence-corrected chi connectivity index (χ4v) is 2.41. The van der Waals surface area contributed by atoms with Crippen LogP contribution in [0.3, 0.4) is 0 Å². The molecule has 2 rings (SSSR count). The number of hydrogen-bond acceptors (Lipinski definition) is 3. The molecule has 1 aromatic heterocycles. The summed E-state index contributed by atoms with van der Waals surface area (Å²) in [6, 6.07) is 8.05. The lowest BCUT2D eigenvalue weighted by Crippen LogP contribution is -2.23. The van der Waals surface area contributed by atoms with Crippen LogP contribution in [0.5, 0.6) is 0 Å². The first-order chi connectivity index (χ1) is 8.75. The van der Waals surface area contributed by atoms with Crippen LogP contribution in [0.15, 0.2) is 41.1 Å². The summed E-state index contributed by atoms with van der Waals surface area (Å²) in [5.74, 6) is -0.281. The number of aliphatic hydroxyl groups is 1. The van der Waals surface area contributed by atoms with Crippen molar-refractivity contribution in [2.24, 2.45) is 0 Å². The molecule has 0 bridgehead atoms. The van der Waals surface area contributed by atoms with Gasteiger partial charge >= 0.3 is 0 Å². The molecule has 0 aliphatic heterocycles. The first-order valence-corrected chi connectivity index (χ1v) is 6.85. The molecular formula is C14H16FNOS. The van der Waals surface area contributed by atoms with E-state index in [4.69, 9.17) is 0 Å². The van der Waals surface area contributed by atoms with Crippen molar-refractivity contribution in [2.45, 2.75) is 12.5 Å². The molecule has 0 aliphatic rings. The molecule has 2 nitrogen and oxygen atoms in total. The third kappa shape index (κ3) is 3.91. The molecule has 0 aliphatic carbocycles. The van der Waals surface area contributed by atoms with Gasteiger partial charge in [-0.1, -0.05) is 12.1 Å². The van der Waals surface area contributed by atoms with E-state index in [2.05, 4.69) is 22.1 Å². The van der Waals surface area contributed by atoms with Crippen LogP contribution >= 0.6 is 11.3 Å². The second-order valence-electron chi connectivity index (χ2n) is 4.15. The predicted octanol–water partition coefficient (Wildman–Crippen LogP) is 2.75. The van der Waals surface area contributed by atoms with E-state index >= 15 is 0 Å². The zero-order valence-corrected chi connectivity index (χ0v) is 10.8. The van der Waals surface area contributed by atoms with Gasteiger partial charge in [0.25, 0.3) is 0 Å². The van der Waals surface area contributed by atoms with E-state index in [9.17, 15) is 9.50 Å². The maximum Gasteiger partial charge on any atom is 0.123 e. The highest BCUT2D eigenvalue weighted by Gasteiger charge is 2.06. The fraction of sp³-hybridized carbons (Fsp3) is 0.286. The van der Waals surface area contributed by atoms with E-state index in [1.165, 1.54) is 17.7 Å². The lowest BCUT2D eigenvalue weighted by atomic mass is 10.1. The van der Waals surface area contributed by atoms with Crippen LogP contribution in [0, 0.1) is 5.82 Å². The molecule has 1 aromatic carbocycles. The van der Waals surface area contributed by atoms with Crippen molar-refractivity contribution in [1.29, 1.82) is 0 Å². The van der Waals surface area contributed by atoms with Crippen molar-refractivity contribution in [3.8, 4) is 0 Å². The molecule has 1 atom stereocenters. The summed E-state index contributed by atoms with van der Waals surface area (Å²) in [7, 11) is 0. The van der Waals surface area contributed by atoms with Crippen molar-refractivity contribution < 1.29 is 9.50 Å². The summed E-state index contributed by atoms with van der Waals surface area (Å²) in [5, 5.41) is 17.3. The molecule has 0 saturated carbocycles. The lowest BCUT2D eigenvalue weighted by molar-refractivity contribution is 0.175. The second kappa shape index (κ2) is 6.64. The monoisotopic (exact) mass is 265 g/mol. The summed E-state index contributed by atoms with van der Waals surface area (Å²) in [5.41, 5.74) is 2.04. The number of aliphatic hydroxyl groups excluding tert-OH is 1. The van der Waals surface area contributed by atoms with Gasteiger partial charge in [-0.2, -0.15) is 11.3 Å². The van der Waals surface area contributed by atoms with E-state index in [0.717, 1.165) is 18.5 Å². The van der Waals surface area contributed by atoms with Gasteiger partial charge in [0.15, 0.2) is 0 Å². The Bertz CT molecular complexity index is 455. The Kier molecular flexibility index (Phi) is 4.87. The van der Waals surface area contributed by atoms with Crippen molar-refractivity contribution in [3.63, 3.8) is 0 Å². The highest BCUT2D eigenvalue weighted by atomic mass is 32.1. The third-order valence-corrected chi connectivity index (χ3v) is 3.50. The number of rotatable bonds is 6. The molecule has 18 heavy (non-hydrogen) atoms. The number of benzene rings is 1. The first kappa shape index (κ1) is 13.2. The molecule has 4 heteroatoms. The number of nitrogens with one attached hydrogen (secondary N) is 1. The number of hydrogen-bond donors (Lipinski definition) is 2. The van der Waals surface area contributed by atoms with Gasteiger partial charge in [0.05, 0.1) is 6.10 Å². The summed E-state index contributed by atoms with van der Waals surface area (Å²) in [4.78, 5) is 0. The largest absolute Gasteiger partial charge is 0.387 e. The molecule has 2 N–H and O–H groups in total. The van der Waals surface area contributed by atoms with Gasteiger partial charge in [-0.05, 0) is 53.1 Å². The summed E-state index contributed by atoms with van der Waals surface area (Å²) < 4.78 is 12.7. The van der Waals surface area contributed by atoms with Crippen LogP contribution in [-0.4, -0.2) is 18.2 Å². The van der Waals surface area contributed by atoms with Crippen molar-refractivity contribution in [1.82, 2.24) is 5.32 Å². The van der Waals surface area contributed by atoms with Gasteiger partial charge in [0.1, 0.15) is 5.82 Å². The molecule has 0 spiro atoms. The van der Waals surface area contributed by atoms with Crippen molar-refractivity contribution in [2.75, 3.05) is 13.1 Å². The van der Waals surface area contributed by atoms with Gasteiger partial charge in [-0.25, -0.2) is 4.39 Å². The highest BCUT2D eigenvalue weighted by Crippen LogP contribution is 2.12. The maximum atomic E-state index is 12.7. The topological polar surface area (TPSA) is 32.3 Å². The number of thiophene rings is 1. The van der Waals surface area contributed by atoms with Gasteiger partial charge in [0, 0.05) is 6.54 Å². The minimum Gasteiger partial charge on any atom is -0.387 e. The summed E-state index contributed by atoms with van der Waals surface area (Å²) in [6.45, 7) is 1.31. The summed E-state index contributed by atoms with van der Waals surface area (Å²) in [6.07, 6.45) is 0.368. The average Bonchev–Trinajstić information content (AvgIpc) is 2.88. The van der Waals surface area contributed by atoms with Gasteiger partial charge in [0.2, 0.25) is 0 Å². The van der Waals surface area contributed by atoms with Crippen LogP contribution < -0.4 is 5.32 Å². The Morgan fingerprint density at radius 1 is 1.22 bits per heavy atom. The normalized spacial score (nSPS) is 12.6. The van der Waals surface area contributed by atoms with Crippen LogP contribution in [0.1, 0.15) is 17.2 Å². The molecular weight excluding hydrogens is 249 g/mol. The minimum absolute atomic E-state index is 0.281. The van der Waals surface area contributed by atoms with Crippen LogP contribution in [-0.2, 0) is 6.42 Å². The van der Waals surface area contributed by atoms with Gasteiger partial charge in [-0.15, -0.1) is 0 Å². The third-order valence-electron chi connectivity index (χ3n) is 2.76. The molecule has 1 heterocycles. The van der Waals surface area contributed by atoms with Crippen LogP contribution in [0.4, 0.5) is 4.39 Å². The standard InChI is InChI=1S/C14H16FNOS/c15-13-3-1-12(2-4-13)14(17)9-16-7-5-11-6-8-18-10-11/h1-4,6,8,10,14,16-17H,5,7,9H2. The first-order valence-electron chi connectivity index (χ1n) is 5.91. The Morgan fingerprint density at radius 3 is 2.67 bits per heavy atom. The molecule has 0 saturated heterocycles. The van der Waals surface area contributed by atoms with E-state index in [-0.39, 0.29) is 5.82 Å². The molecule has 2 aromatic rings. The van der Waals surface area contributed by atoms with Crippen molar-refractivity contribution >= 4 is 11.3 Å². The van der Waals surface area contributed by atoms with E-state index in [0.29, 0.717) is 6.54 Å². The van der Waals surface area contributed by atoms with Gasteiger partial charge < -0.3 is 10.4 Å². The lowest BCUT2D eigenvalue weighted by Gasteiger charge is -2.11. The second-order valence-corrected chi connectivity index (χ2v) is 4.93. The SMILES string of the molecule is OC(CNCCc1ccsc1)c1ccc(F)cc1. The average molecular weight is 265 g/mol. The molecule has 0 amide bonds. The Hall–Kier alpha value is -1.23. The molecule has 0 fully saturated rings. The smallest absolute Gasteiger partial charge is 0.123 e. The van der Waals surface area contributed by atoms with E-state index in [1.807, 2.05) is 0 Å². The zero-order valence-electron chi connectivity index (χ0n) is 9.97. The van der Waals surface area contributed by atoms with E-state index < -0.39 is 6.10 Å². The Morgan fingerprint density at radius 2 is 2.00 bits per heavy atom. The molecule has 96 valence electrons. The molecule has 0 radical (unpaired) electrons. The highest BCUT2D eigenvalue weighted by molar-refractivity contribution is 7.07. The van der Waals surface area contributed by atoms with Crippen molar-refractivity contribution in [3.05, 3.63) is 58.0 Å². The maximum absolute atomic E-state index is 12.7. The molecule has 1 unspecified atom stereocenters. The zero-order chi connectivity index (χ0) is 12.8. The fourth-order valence-electron chi connectivity index (χ4n) is 1.71. The Balaban J connectivity index is 1.71. The Labute approximate surface area is 110 Å². The predicted molar refractivity (Wildman–Crippen MR) is 72.3 cm³/mol. The van der Waals surface area contributed by atoms with Crippen LogP contribution in [0.25, 0.3) is 0 Å². The van der Waals surface area contributed by atoms with E-state index in [1.54, 1.807) is 23.5 Å². The minimum atomic E-state index is -0.590. The number of halogens is 1. The quantitative estimate of drug-likeness (QED) is 0.787. The van der Waals surface area contributed by atoms with Crippen LogP contribution in [0.2, 0.25) is 0 Å². The summed E-state index contributed by atoms with van der Waals surface area (Å²) >= 11 is 1.69.